The third-order valence-electron chi connectivity index (χ3n) is 2.86. The van der Waals surface area contributed by atoms with E-state index in [1.165, 1.54) is 12.8 Å². The molecule has 0 aromatic carbocycles. The lowest BCUT2D eigenvalue weighted by atomic mass is 10.1. The second-order valence-electron chi connectivity index (χ2n) is 4.04. The monoisotopic (exact) mass is 199 g/mol. The molecule has 2 atom stereocenters. The molecule has 1 aliphatic rings. The summed E-state index contributed by atoms with van der Waals surface area (Å²) in [5, 5.41) is 2.73. The van der Waals surface area contributed by atoms with Crippen molar-refractivity contribution in [2.75, 3.05) is 6.54 Å². The number of hydrogen-bond donors (Lipinski definition) is 1. The van der Waals surface area contributed by atoms with Crippen molar-refractivity contribution >= 4 is 6.09 Å². The molecule has 0 heterocycles. The van der Waals surface area contributed by atoms with Gasteiger partial charge in [0.1, 0.15) is 6.10 Å². The lowest BCUT2D eigenvalue weighted by molar-refractivity contribution is 0.0986. The first-order chi connectivity index (χ1) is 6.76. The van der Waals surface area contributed by atoms with Gasteiger partial charge in [-0.15, -0.1) is 0 Å². The van der Waals surface area contributed by atoms with Crippen LogP contribution in [-0.2, 0) is 4.74 Å². The fourth-order valence-corrected chi connectivity index (χ4v) is 1.93. The maximum Gasteiger partial charge on any atom is 0.407 e. The molecule has 0 saturated heterocycles. The van der Waals surface area contributed by atoms with Gasteiger partial charge >= 0.3 is 6.09 Å². The van der Waals surface area contributed by atoms with Gasteiger partial charge in [-0.1, -0.05) is 20.3 Å². The van der Waals surface area contributed by atoms with Crippen LogP contribution in [0.1, 0.15) is 46.0 Å². The Bertz CT molecular complexity index is 182. The Kier molecular flexibility index (Phi) is 4.77. The summed E-state index contributed by atoms with van der Waals surface area (Å²) in [5.41, 5.74) is 0. The summed E-state index contributed by atoms with van der Waals surface area (Å²) in [4.78, 5) is 11.2. The molecule has 0 bridgehead atoms. The number of nitrogens with one attached hydrogen (secondary N) is 1. The standard InChI is InChI=1S/C11H21NO2/c1-3-7-12-11(13)14-10-6-5-9(4-2)8-10/h9-10H,3-8H2,1-2H3,(H,12,13)/t9-,10+/m1/s1. The van der Waals surface area contributed by atoms with Gasteiger partial charge in [0.05, 0.1) is 0 Å². The second kappa shape index (κ2) is 5.89. The zero-order chi connectivity index (χ0) is 10.4. The van der Waals surface area contributed by atoms with Crippen molar-refractivity contribution in [2.24, 2.45) is 5.92 Å². The molecule has 0 spiro atoms. The van der Waals surface area contributed by atoms with E-state index in [1.807, 2.05) is 6.92 Å². The highest BCUT2D eigenvalue weighted by molar-refractivity contribution is 5.67. The SMILES string of the molecule is CCCNC(=O)O[C@H]1CC[C@@H](CC)C1. The quantitative estimate of drug-likeness (QED) is 0.756. The first kappa shape index (κ1) is 11.3. The molecule has 1 N–H and O–H groups in total. The lowest BCUT2D eigenvalue weighted by Crippen LogP contribution is -2.28. The summed E-state index contributed by atoms with van der Waals surface area (Å²) >= 11 is 0. The van der Waals surface area contributed by atoms with Gasteiger partial charge in [0, 0.05) is 6.54 Å². The van der Waals surface area contributed by atoms with Crippen LogP contribution >= 0.6 is 0 Å². The number of amides is 1. The Morgan fingerprint density at radius 2 is 2.21 bits per heavy atom. The van der Waals surface area contributed by atoms with Gasteiger partial charge in [-0.2, -0.15) is 0 Å². The van der Waals surface area contributed by atoms with Crippen molar-refractivity contribution in [1.82, 2.24) is 5.32 Å². The normalized spacial score (nSPS) is 26.1. The van der Waals surface area contributed by atoms with Crippen molar-refractivity contribution in [1.29, 1.82) is 0 Å². The third-order valence-corrected chi connectivity index (χ3v) is 2.86. The molecular formula is C11H21NO2. The molecule has 3 nitrogen and oxygen atoms in total. The van der Waals surface area contributed by atoms with Crippen LogP contribution in [0, 0.1) is 5.92 Å². The largest absolute Gasteiger partial charge is 0.446 e. The van der Waals surface area contributed by atoms with Gasteiger partial charge < -0.3 is 10.1 Å². The molecule has 1 saturated carbocycles. The van der Waals surface area contributed by atoms with Crippen LogP contribution in [0.3, 0.4) is 0 Å². The number of carbonyl (C=O) groups is 1. The topological polar surface area (TPSA) is 38.3 Å². The van der Waals surface area contributed by atoms with Crippen molar-refractivity contribution < 1.29 is 9.53 Å². The highest BCUT2D eigenvalue weighted by Crippen LogP contribution is 2.29. The Morgan fingerprint density at radius 1 is 1.43 bits per heavy atom. The fourth-order valence-electron chi connectivity index (χ4n) is 1.93. The van der Waals surface area contributed by atoms with Crippen molar-refractivity contribution in [3.63, 3.8) is 0 Å². The molecule has 1 aliphatic carbocycles. The molecule has 14 heavy (non-hydrogen) atoms. The highest BCUT2D eigenvalue weighted by atomic mass is 16.6. The number of ether oxygens (including phenoxy) is 1. The minimum atomic E-state index is -0.242. The van der Waals surface area contributed by atoms with Crippen LogP contribution in [0.15, 0.2) is 0 Å². The number of rotatable bonds is 4. The molecule has 0 unspecified atom stereocenters. The van der Waals surface area contributed by atoms with Crippen LogP contribution in [0.2, 0.25) is 0 Å². The minimum absolute atomic E-state index is 0.164. The van der Waals surface area contributed by atoms with E-state index in [2.05, 4.69) is 12.2 Å². The van der Waals surface area contributed by atoms with E-state index in [-0.39, 0.29) is 12.2 Å². The lowest BCUT2D eigenvalue weighted by Gasteiger charge is -2.12. The number of alkyl carbamates (subject to hydrolysis) is 1. The van der Waals surface area contributed by atoms with Gasteiger partial charge in [0.15, 0.2) is 0 Å². The smallest absolute Gasteiger partial charge is 0.407 e. The second-order valence-corrected chi connectivity index (χ2v) is 4.04. The van der Waals surface area contributed by atoms with Crippen LogP contribution in [0.4, 0.5) is 4.79 Å². The van der Waals surface area contributed by atoms with Gasteiger partial charge in [0.2, 0.25) is 0 Å². The van der Waals surface area contributed by atoms with Gasteiger partial charge in [-0.3, -0.25) is 0 Å². The van der Waals surface area contributed by atoms with Crippen LogP contribution < -0.4 is 5.32 Å². The van der Waals surface area contributed by atoms with Crippen molar-refractivity contribution in [2.45, 2.75) is 52.1 Å². The van der Waals surface area contributed by atoms with Gasteiger partial charge in [-0.25, -0.2) is 4.79 Å². The summed E-state index contributed by atoms with van der Waals surface area (Å²) in [7, 11) is 0. The van der Waals surface area contributed by atoms with Gasteiger partial charge in [-0.05, 0) is 31.6 Å². The predicted molar refractivity (Wildman–Crippen MR) is 56.2 cm³/mol. The van der Waals surface area contributed by atoms with E-state index in [0.717, 1.165) is 25.2 Å². The third kappa shape index (κ3) is 3.56. The summed E-state index contributed by atoms with van der Waals surface area (Å²) in [6, 6.07) is 0. The van der Waals surface area contributed by atoms with Crippen LogP contribution in [0.5, 0.6) is 0 Å². The van der Waals surface area contributed by atoms with E-state index >= 15 is 0 Å². The summed E-state index contributed by atoms with van der Waals surface area (Å²) in [5.74, 6) is 0.763. The van der Waals surface area contributed by atoms with E-state index in [4.69, 9.17) is 4.74 Å². The minimum Gasteiger partial charge on any atom is -0.446 e. The molecule has 0 aliphatic heterocycles. The first-order valence-corrected chi connectivity index (χ1v) is 5.70. The number of hydrogen-bond acceptors (Lipinski definition) is 2. The molecule has 0 aromatic heterocycles. The molecule has 1 rings (SSSR count). The van der Waals surface area contributed by atoms with E-state index in [9.17, 15) is 4.79 Å². The molecule has 0 aromatic rings. The Labute approximate surface area is 86.2 Å². The van der Waals surface area contributed by atoms with Crippen molar-refractivity contribution in [3.8, 4) is 0 Å². The zero-order valence-corrected chi connectivity index (χ0v) is 9.21. The van der Waals surface area contributed by atoms with Crippen LogP contribution in [-0.4, -0.2) is 18.7 Å². The van der Waals surface area contributed by atoms with Crippen molar-refractivity contribution in [3.05, 3.63) is 0 Å². The van der Waals surface area contributed by atoms with E-state index in [0.29, 0.717) is 6.54 Å². The molecular weight excluding hydrogens is 178 g/mol. The maximum absolute atomic E-state index is 11.2. The summed E-state index contributed by atoms with van der Waals surface area (Å²) in [6.07, 6.45) is 5.38. The molecule has 1 amide bonds. The Hall–Kier alpha value is -0.730. The average Bonchev–Trinajstić information content (AvgIpc) is 2.62. The Morgan fingerprint density at radius 3 is 2.79 bits per heavy atom. The fraction of sp³-hybridized carbons (Fsp3) is 0.909. The predicted octanol–water partition coefficient (Wildman–Crippen LogP) is 2.70. The Balaban J connectivity index is 2.15. The average molecular weight is 199 g/mol. The number of carbonyl (C=O) groups excluding carboxylic acids is 1. The maximum atomic E-state index is 11.2. The van der Waals surface area contributed by atoms with E-state index in [1.54, 1.807) is 0 Å². The van der Waals surface area contributed by atoms with Crippen LogP contribution in [0.25, 0.3) is 0 Å². The molecule has 1 fully saturated rings. The molecule has 3 heteroatoms. The molecule has 0 radical (unpaired) electrons. The first-order valence-electron chi connectivity index (χ1n) is 5.70. The molecule has 82 valence electrons. The van der Waals surface area contributed by atoms with E-state index < -0.39 is 0 Å². The highest BCUT2D eigenvalue weighted by Gasteiger charge is 2.25. The van der Waals surface area contributed by atoms with Gasteiger partial charge in [0.25, 0.3) is 0 Å². The zero-order valence-electron chi connectivity index (χ0n) is 9.21. The summed E-state index contributed by atoms with van der Waals surface area (Å²) < 4.78 is 5.30. The summed E-state index contributed by atoms with van der Waals surface area (Å²) in [6.45, 7) is 4.94.